The Morgan fingerprint density at radius 3 is 2.82 bits per heavy atom. The molecule has 2 rings (SSSR count). The van der Waals surface area contributed by atoms with Crippen molar-refractivity contribution < 1.29 is 4.74 Å². The third-order valence-electron chi connectivity index (χ3n) is 2.75. The Bertz CT molecular complexity index is 370. The van der Waals surface area contributed by atoms with Crippen molar-refractivity contribution >= 4 is 29.1 Å². The fourth-order valence-corrected chi connectivity index (χ4v) is 2.91. The molecule has 0 spiro atoms. The van der Waals surface area contributed by atoms with Crippen LogP contribution in [-0.4, -0.2) is 43.5 Å². The highest BCUT2D eigenvalue weighted by Gasteiger charge is 2.09. The molecule has 0 aromatic heterocycles. The van der Waals surface area contributed by atoms with E-state index < -0.39 is 0 Å². The van der Waals surface area contributed by atoms with E-state index in [2.05, 4.69) is 4.90 Å². The van der Waals surface area contributed by atoms with E-state index in [-0.39, 0.29) is 0 Å². The lowest BCUT2D eigenvalue weighted by Gasteiger charge is -2.26. The van der Waals surface area contributed by atoms with Crippen LogP contribution in [-0.2, 0) is 4.74 Å². The third kappa shape index (κ3) is 4.07. The van der Waals surface area contributed by atoms with Crippen molar-refractivity contribution in [3.05, 3.63) is 23.2 Å². The van der Waals surface area contributed by atoms with Gasteiger partial charge in [-0.1, -0.05) is 11.6 Å². The van der Waals surface area contributed by atoms with Crippen molar-refractivity contribution in [3.8, 4) is 0 Å². The van der Waals surface area contributed by atoms with Crippen molar-refractivity contribution in [1.29, 1.82) is 0 Å². The molecule has 2 N–H and O–H groups in total. The predicted octanol–water partition coefficient (Wildman–Crippen LogP) is 2.35. The van der Waals surface area contributed by atoms with Crippen LogP contribution in [0.15, 0.2) is 23.1 Å². The zero-order chi connectivity index (χ0) is 12.1. The van der Waals surface area contributed by atoms with Gasteiger partial charge < -0.3 is 10.5 Å². The number of rotatable bonds is 4. The summed E-state index contributed by atoms with van der Waals surface area (Å²) in [5.74, 6) is 1.07. The van der Waals surface area contributed by atoms with Crippen LogP contribution in [0, 0.1) is 0 Å². The summed E-state index contributed by atoms with van der Waals surface area (Å²) in [6, 6.07) is 5.81. The molecule has 3 nitrogen and oxygen atoms in total. The summed E-state index contributed by atoms with van der Waals surface area (Å²) in [6.45, 7) is 4.90. The molecule has 1 aromatic rings. The van der Waals surface area contributed by atoms with Crippen molar-refractivity contribution in [2.24, 2.45) is 0 Å². The molecule has 1 aromatic carbocycles. The monoisotopic (exact) mass is 272 g/mol. The van der Waals surface area contributed by atoms with Gasteiger partial charge in [-0.25, -0.2) is 0 Å². The SMILES string of the molecule is Nc1ccc(SCCN2CCOCC2)cc1Cl. The first-order chi connectivity index (χ1) is 8.25. The second kappa shape index (κ2) is 6.50. The normalized spacial score (nSPS) is 17.2. The number of nitrogen functional groups attached to an aromatic ring is 1. The maximum atomic E-state index is 5.98. The van der Waals surface area contributed by atoms with Gasteiger partial charge in [0.2, 0.25) is 0 Å². The summed E-state index contributed by atoms with van der Waals surface area (Å²) in [7, 11) is 0. The van der Waals surface area contributed by atoms with Gasteiger partial charge in [0, 0.05) is 30.3 Å². The Hall–Kier alpha value is -0.420. The largest absolute Gasteiger partial charge is 0.398 e. The zero-order valence-electron chi connectivity index (χ0n) is 9.69. The molecule has 1 fully saturated rings. The Balaban J connectivity index is 1.75. The molecular weight excluding hydrogens is 256 g/mol. The zero-order valence-corrected chi connectivity index (χ0v) is 11.3. The fraction of sp³-hybridized carbons (Fsp3) is 0.500. The van der Waals surface area contributed by atoms with Crippen LogP contribution < -0.4 is 5.73 Å². The Morgan fingerprint density at radius 1 is 1.35 bits per heavy atom. The lowest BCUT2D eigenvalue weighted by molar-refractivity contribution is 0.0410. The molecule has 1 heterocycles. The first-order valence-corrected chi connectivity index (χ1v) is 7.10. The third-order valence-corrected chi connectivity index (χ3v) is 4.05. The summed E-state index contributed by atoms with van der Waals surface area (Å²) >= 11 is 7.79. The van der Waals surface area contributed by atoms with E-state index in [4.69, 9.17) is 22.1 Å². The van der Waals surface area contributed by atoms with E-state index in [0.29, 0.717) is 10.7 Å². The Kier molecular flexibility index (Phi) is 4.98. The van der Waals surface area contributed by atoms with E-state index in [9.17, 15) is 0 Å². The van der Waals surface area contributed by atoms with Gasteiger partial charge in [0.25, 0.3) is 0 Å². The fourth-order valence-electron chi connectivity index (χ4n) is 1.72. The highest BCUT2D eigenvalue weighted by atomic mass is 35.5. The first kappa shape index (κ1) is 13.0. The number of halogens is 1. The number of thioether (sulfide) groups is 1. The van der Waals surface area contributed by atoms with Gasteiger partial charge in [0.1, 0.15) is 0 Å². The molecule has 0 bridgehead atoms. The molecule has 17 heavy (non-hydrogen) atoms. The molecule has 1 saturated heterocycles. The van der Waals surface area contributed by atoms with Crippen LogP contribution in [0.5, 0.6) is 0 Å². The van der Waals surface area contributed by atoms with Gasteiger partial charge >= 0.3 is 0 Å². The summed E-state index contributed by atoms with van der Waals surface area (Å²) in [5, 5.41) is 0.640. The quantitative estimate of drug-likeness (QED) is 0.675. The predicted molar refractivity (Wildman–Crippen MR) is 73.8 cm³/mol. The van der Waals surface area contributed by atoms with Gasteiger partial charge in [-0.2, -0.15) is 0 Å². The molecule has 0 amide bonds. The maximum absolute atomic E-state index is 5.98. The van der Waals surface area contributed by atoms with Crippen molar-refractivity contribution in [2.45, 2.75) is 4.90 Å². The summed E-state index contributed by atoms with van der Waals surface area (Å²) in [6.07, 6.45) is 0. The summed E-state index contributed by atoms with van der Waals surface area (Å²) < 4.78 is 5.31. The van der Waals surface area contributed by atoms with Crippen LogP contribution in [0.3, 0.4) is 0 Å². The second-order valence-corrected chi connectivity index (χ2v) is 5.56. The van der Waals surface area contributed by atoms with Crippen LogP contribution in [0.1, 0.15) is 0 Å². The van der Waals surface area contributed by atoms with Crippen molar-refractivity contribution in [2.75, 3.05) is 44.3 Å². The van der Waals surface area contributed by atoms with E-state index in [1.54, 1.807) is 0 Å². The number of hydrogen-bond donors (Lipinski definition) is 1. The van der Waals surface area contributed by atoms with Gasteiger partial charge in [0.05, 0.1) is 23.9 Å². The molecule has 0 aliphatic carbocycles. The topological polar surface area (TPSA) is 38.5 Å². The molecule has 1 aliphatic rings. The number of benzene rings is 1. The van der Waals surface area contributed by atoms with Gasteiger partial charge in [-0.3, -0.25) is 4.90 Å². The number of anilines is 1. The number of morpholine rings is 1. The molecule has 1 aliphatic heterocycles. The van der Waals surface area contributed by atoms with Gasteiger partial charge in [-0.15, -0.1) is 11.8 Å². The van der Waals surface area contributed by atoms with E-state index >= 15 is 0 Å². The standard InChI is InChI=1S/C12H17ClN2OS/c13-11-9-10(1-2-12(11)14)17-8-5-15-3-6-16-7-4-15/h1-2,9H,3-8,14H2. The van der Waals surface area contributed by atoms with Crippen molar-refractivity contribution in [3.63, 3.8) is 0 Å². The summed E-state index contributed by atoms with van der Waals surface area (Å²) in [5.41, 5.74) is 6.31. The molecular formula is C12H17ClN2OS. The average Bonchev–Trinajstić information content (AvgIpc) is 2.35. The van der Waals surface area contributed by atoms with Crippen molar-refractivity contribution in [1.82, 2.24) is 4.90 Å². The molecule has 0 atom stereocenters. The molecule has 94 valence electrons. The maximum Gasteiger partial charge on any atom is 0.0646 e. The number of ether oxygens (including phenoxy) is 1. The molecule has 5 heteroatoms. The minimum atomic E-state index is 0.640. The first-order valence-electron chi connectivity index (χ1n) is 5.73. The highest BCUT2D eigenvalue weighted by Crippen LogP contribution is 2.26. The van der Waals surface area contributed by atoms with Gasteiger partial charge in [-0.05, 0) is 18.2 Å². The second-order valence-electron chi connectivity index (χ2n) is 3.99. The Labute approximate surface area is 111 Å². The lowest BCUT2D eigenvalue weighted by atomic mass is 10.3. The van der Waals surface area contributed by atoms with Gasteiger partial charge in [0.15, 0.2) is 0 Å². The minimum absolute atomic E-state index is 0.640. The molecule has 0 unspecified atom stereocenters. The highest BCUT2D eigenvalue weighted by molar-refractivity contribution is 7.99. The van der Waals surface area contributed by atoms with E-state index in [0.717, 1.165) is 38.6 Å². The smallest absolute Gasteiger partial charge is 0.0646 e. The van der Waals surface area contributed by atoms with Crippen LogP contribution in [0.2, 0.25) is 5.02 Å². The average molecular weight is 273 g/mol. The lowest BCUT2D eigenvalue weighted by Crippen LogP contribution is -2.37. The molecule has 0 radical (unpaired) electrons. The molecule has 0 saturated carbocycles. The van der Waals surface area contributed by atoms with E-state index in [1.807, 2.05) is 30.0 Å². The number of nitrogens with zero attached hydrogens (tertiary/aromatic N) is 1. The minimum Gasteiger partial charge on any atom is -0.398 e. The number of nitrogens with two attached hydrogens (primary N) is 1. The van der Waals surface area contributed by atoms with Crippen LogP contribution in [0.4, 0.5) is 5.69 Å². The Morgan fingerprint density at radius 2 is 2.12 bits per heavy atom. The van der Waals surface area contributed by atoms with E-state index in [1.165, 1.54) is 4.90 Å². The number of hydrogen-bond acceptors (Lipinski definition) is 4. The summed E-state index contributed by atoms with van der Waals surface area (Å²) in [4.78, 5) is 3.60. The van der Waals surface area contributed by atoms with Crippen LogP contribution >= 0.6 is 23.4 Å². The van der Waals surface area contributed by atoms with Crippen LogP contribution in [0.25, 0.3) is 0 Å².